The first-order valence-electron chi connectivity index (χ1n) is 15.8. The molecule has 2 aliphatic heterocycles. The van der Waals surface area contributed by atoms with Gasteiger partial charge in [-0.25, -0.2) is 17.9 Å². The van der Waals surface area contributed by atoms with Crippen LogP contribution in [-0.4, -0.2) is 110 Å². The minimum absolute atomic E-state index is 0.0550. The second-order valence-electron chi connectivity index (χ2n) is 12.9. The minimum Gasteiger partial charge on any atom is -0.337 e. The van der Waals surface area contributed by atoms with E-state index in [2.05, 4.69) is 4.90 Å². The van der Waals surface area contributed by atoms with E-state index in [1.807, 2.05) is 0 Å². The lowest BCUT2D eigenvalue weighted by Gasteiger charge is -2.35. The Bertz CT molecular complexity index is 1560. The van der Waals surface area contributed by atoms with Crippen LogP contribution in [0.3, 0.4) is 0 Å². The molecule has 0 bridgehead atoms. The highest BCUT2D eigenvalue weighted by atomic mass is 32.2. The van der Waals surface area contributed by atoms with Gasteiger partial charge in [-0.1, -0.05) is 24.3 Å². The average molecular weight is 704 g/mol. The lowest BCUT2D eigenvalue weighted by molar-refractivity contribution is -0.137. The van der Waals surface area contributed by atoms with Gasteiger partial charge in [-0.15, -0.1) is 0 Å². The Hall–Kier alpha value is -3.37. The van der Waals surface area contributed by atoms with Crippen molar-refractivity contribution < 1.29 is 44.3 Å². The number of sulfonamides is 1. The van der Waals surface area contributed by atoms with Crippen molar-refractivity contribution in [3.63, 3.8) is 0 Å². The second kappa shape index (κ2) is 13.9. The molecule has 5 rings (SSSR count). The smallest absolute Gasteiger partial charge is 0.337 e. The number of likely N-dealkylation sites (N-methyl/N-ethyl adjacent to an activating group) is 2. The van der Waals surface area contributed by atoms with E-state index in [1.165, 1.54) is 12.1 Å². The van der Waals surface area contributed by atoms with Gasteiger partial charge >= 0.3 is 27.7 Å². The molecule has 48 heavy (non-hydrogen) atoms. The van der Waals surface area contributed by atoms with Crippen molar-refractivity contribution in [1.82, 2.24) is 24.3 Å². The first kappa shape index (κ1) is 35.9. The predicted molar refractivity (Wildman–Crippen MR) is 166 cm³/mol. The molecular formula is C32H39F6N5O4S. The van der Waals surface area contributed by atoms with Gasteiger partial charge in [0.05, 0.1) is 11.6 Å². The van der Waals surface area contributed by atoms with Gasteiger partial charge in [-0.2, -0.15) is 26.3 Å². The predicted octanol–water partition coefficient (Wildman–Crippen LogP) is 5.40. The van der Waals surface area contributed by atoms with Crippen LogP contribution < -0.4 is 4.72 Å². The highest BCUT2D eigenvalue weighted by molar-refractivity contribution is 7.90. The van der Waals surface area contributed by atoms with Crippen molar-refractivity contribution in [3.8, 4) is 11.1 Å². The third-order valence-corrected chi connectivity index (χ3v) is 11.1. The summed E-state index contributed by atoms with van der Waals surface area (Å²) in [5, 5.41) is 0. The number of rotatable bonds is 7. The van der Waals surface area contributed by atoms with Crippen molar-refractivity contribution in [1.29, 1.82) is 0 Å². The Morgan fingerprint density at radius 1 is 0.750 bits per heavy atom. The zero-order chi connectivity index (χ0) is 35.0. The maximum absolute atomic E-state index is 13.4. The molecule has 0 spiro atoms. The average Bonchev–Trinajstić information content (AvgIpc) is 3.74. The number of benzene rings is 2. The number of nitrogens with one attached hydrogen (secondary N) is 1. The highest BCUT2D eigenvalue weighted by Gasteiger charge is 2.47. The SMILES string of the molecule is CN(C(=O)c1ccc(-c2ccc(C(F)(F)F)cc2)cc1)C1CCN(C(=O)N(C)C2CCN(C3CCC(NS(=O)(=O)C(F)(F)F)CC3)C2)C1. The Morgan fingerprint density at radius 3 is 1.85 bits per heavy atom. The fourth-order valence-electron chi connectivity index (χ4n) is 6.90. The van der Waals surface area contributed by atoms with E-state index in [0.29, 0.717) is 68.4 Å². The highest BCUT2D eigenvalue weighted by Crippen LogP contribution is 2.32. The molecule has 3 amide bonds. The van der Waals surface area contributed by atoms with Crippen LogP contribution in [0, 0.1) is 0 Å². The van der Waals surface area contributed by atoms with Gasteiger partial charge in [0.2, 0.25) is 0 Å². The van der Waals surface area contributed by atoms with Crippen LogP contribution in [0.15, 0.2) is 48.5 Å². The Balaban J connectivity index is 1.09. The fourth-order valence-corrected chi connectivity index (χ4v) is 7.71. The normalized spacial score (nSPS) is 24.1. The van der Waals surface area contributed by atoms with Gasteiger partial charge in [0, 0.05) is 64.0 Å². The first-order chi connectivity index (χ1) is 22.4. The van der Waals surface area contributed by atoms with Crippen molar-refractivity contribution >= 4 is 22.0 Å². The van der Waals surface area contributed by atoms with Gasteiger partial charge in [-0.05, 0) is 73.9 Å². The molecule has 2 unspecified atom stereocenters. The summed E-state index contributed by atoms with van der Waals surface area (Å²) in [7, 11) is -1.94. The van der Waals surface area contributed by atoms with Crippen molar-refractivity contribution in [2.75, 3.05) is 40.3 Å². The molecule has 0 aromatic heterocycles. The fraction of sp³-hybridized carbons (Fsp3) is 0.562. The number of hydrogen-bond acceptors (Lipinski definition) is 5. The molecule has 3 aliphatic rings. The molecule has 2 aromatic carbocycles. The number of urea groups is 1. The van der Waals surface area contributed by atoms with Gasteiger partial charge in [0.1, 0.15) is 0 Å². The monoisotopic (exact) mass is 703 g/mol. The van der Waals surface area contributed by atoms with E-state index < -0.39 is 33.3 Å². The number of hydrogen-bond donors (Lipinski definition) is 1. The molecular weight excluding hydrogens is 664 g/mol. The number of carbonyl (C=O) groups excluding carboxylic acids is 2. The molecule has 1 N–H and O–H groups in total. The molecule has 2 heterocycles. The van der Waals surface area contributed by atoms with Crippen LogP contribution in [-0.2, 0) is 16.2 Å². The zero-order valence-electron chi connectivity index (χ0n) is 26.6. The summed E-state index contributed by atoms with van der Waals surface area (Å²) in [5.74, 6) is -0.228. The van der Waals surface area contributed by atoms with E-state index in [4.69, 9.17) is 0 Å². The number of likely N-dealkylation sites (tertiary alicyclic amines) is 2. The molecule has 0 radical (unpaired) electrons. The Morgan fingerprint density at radius 2 is 1.29 bits per heavy atom. The maximum Gasteiger partial charge on any atom is 0.511 e. The van der Waals surface area contributed by atoms with E-state index in [9.17, 15) is 44.3 Å². The number of carbonyl (C=O) groups is 2. The molecule has 2 saturated heterocycles. The van der Waals surface area contributed by atoms with E-state index in [0.717, 1.165) is 25.1 Å². The summed E-state index contributed by atoms with van der Waals surface area (Å²) in [6, 6.07) is 10.4. The van der Waals surface area contributed by atoms with Gasteiger partial charge in [0.15, 0.2) is 0 Å². The number of amides is 3. The molecule has 264 valence electrons. The van der Waals surface area contributed by atoms with E-state index in [-0.39, 0.29) is 30.1 Å². The van der Waals surface area contributed by atoms with Crippen molar-refractivity contribution in [3.05, 3.63) is 59.7 Å². The summed E-state index contributed by atoms with van der Waals surface area (Å²) in [5.41, 5.74) is -4.37. The summed E-state index contributed by atoms with van der Waals surface area (Å²) >= 11 is 0. The lowest BCUT2D eigenvalue weighted by Crippen LogP contribution is -2.49. The second-order valence-corrected chi connectivity index (χ2v) is 14.6. The number of alkyl halides is 6. The molecule has 2 aromatic rings. The van der Waals surface area contributed by atoms with Gasteiger partial charge in [-0.3, -0.25) is 9.69 Å². The Labute approximate surface area is 275 Å². The van der Waals surface area contributed by atoms with Crippen LogP contribution in [0.1, 0.15) is 54.4 Å². The van der Waals surface area contributed by atoms with Gasteiger partial charge < -0.3 is 14.7 Å². The van der Waals surface area contributed by atoms with Gasteiger partial charge in [0.25, 0.3) is 5.91 Å². The standard InChI is InChI=1S/C32H39F6N5O4S/c1-40(29(44)23-5-3-21(4-6-23)22-7-9-24(10-8-22)31(33,34)35)27-16-18-43(20-27)30(45)41(2)28-15-17-42(19-28)26-13-11-25(12-14-26)39-48(46,47)32(36,37)38/h3-10,25-28,39H,11-20H2,1-2H3. The molecule has 1 aliphatic carbocycles. The third kappa shape index (κ3) is 7.91. The first-order valence-corrected chi connectivity index (χ1v) is 17.3. The van der Waals surface area contributed by atoms with Crippen LogP contribution in [0.25, 0.3) is 11.1 Å². The molecule has 3 fully saturated rings. The lowest BCUT2D eigenvalue weighted by atomic mass is 9.91. The minimum atomic E-state index is -5.38. The zero-order valence-corrected chi connectivity index (χ0v) is 27.4. The summed E-state index contributed by atoms with van der Waals surface area (Å²) in [6.07, 6.45) is -1.36. The summed E-state index contributed by atoms with van der Waals surface area (Å²) in [4.78, 5) is 34.0. The summed E-state index contributed by atoms with van der Waals surface area (Å²) < 4.78 is 102. The quantitative estimate of drug-likeness (QED) is 0.391. The largest absolute Gasteiger partial charge is 0.511 e. The molecule has 9 nitrogen and oxygen atoms in total. The van der Waals surface area contributed by atoms with Crippen LogP contribution in [0.5, 0.6) is 0 Å². The van der Waals surface area contributed by atoms with Crippen LogP contribution >= 0.6 is 0 Å². The molecule has 16 heteroatoms. The molecule has 2 atom stereocenters. The summed E-state index contributed by atoms with van der Waals surface area (Å²) in [6.45, 7) is 2.18. The van der Waals surface area contributed by atoms with Crippen molar-refractivity contribution in [2.24, 2.45) is 0 Å². The van der Waals surface area contributed by atoms with Crippen molar-refractivity contribution in [2.45, 2.75) is 74.4 Å². The Kier molecular flexibility index (Phi) is 10.4. The third-order valence-electron chi connectivity index (χ3n) is 9.86. The van der Waals surface area contributed by atoms with Crippen LogP contribution in [0.2, 0.25) is 0 Å². The van der Waals surface area contributed by atoms with E-state index in [1.54, 1.807) is 57.8 Å². The van der Waals surface area contributed by atoms with E-state index >= 15 is 0 Å². The van der Waals surface area contributed by atoms with Crippen LogP contribution in [0.4, 0.5) is 31.1 Å². The molecule has 1 saturated carbocycles. The number of halogens is 6. The number of nitrogens with zero attached hydrogens (tertiary/aromatic N) is 4. The maximum atomic E-state index is 13.4. The topological polar surface area (TPSA) is 93.3 Å².